The number of phenolic OH excluding ortho intramolecular Hbond substituents is 1. The lowest BCUT2D eigenvalue weighted by atomic mass is 10.00. The van der Waals surface area contributed by atoms with Crippen molar-refractivity contribution in [2.75, 3.05) is 7.11 Å². The first-order chi connectivity index (χ1) is 11.1. The van der Waals surface area contributed by atoms with Gasteiger partial charge in [-0.2, -0.15) is 5.26 Å². The number of benzene rings is 2. The van der Waals surface area contributed by atoms with Gasteiger partial charge in [0.05, 0.1) is 18.8 Å². The van der Waals surface area contributed by atoms with E-state index >= 15 is 0 Å². The van der Waals surface area contributed by atoms with Crippen LogP contribution in [-0.2, 0) is 6.42 Å². The number of ether oxygens (including phenoxy) is 1. The fourth-order valence-corrected chi connectivity index (χ4v) is 2.32. The smallest absolute Gasteiger partial charge is 0.161 e. The lowest BCUT2D eigenvalue weighted by Gasteiger charge is -2.10. The molecule has 0 heterocycles. The molecule has 2 aromatic rings. The number of aromatic hydroxyl groups is 1. The van der Waals surface area contributed by atoms with Crippen molar-refractivity contribution >= 4 is 11.6 Å². The van der Waals surface area contributed by atoms with Crippen LogP contribution in [0.3, 0.4) is 0 Å². The van der Waals surface area contributed by atoms with Gasteiger partial charge in [0, 0.05) is 5.56 Å². The highest BCUT2D eigenvalue weighted by Crippen LogP contribution is 2.33. The minimum absolute atomic E-state index is 0.110. The van der Waals surface area contributed by atoms with E-state index in [1.165, 1.54) is 7.11 Å². The van der Waals surface area contributed by atoms with Crippen molar-refractivity contribution in [3.05, 3.63) is 71.3 Å². The van der Waals surface area contributed by atoms with Crippen molar-refractivity contribution < 1.29 is 9.84 Å². The third-order valence-electron chi connectivity index (χ3n) is 3.55. The highest BCUT2D eigenvalue weighted by Gasteiger charge is 2.10. The topological polar surface area (TPSA) is 53.2 Å². The molecule has 3 nitrogen and oxygen atoms in total. The normalized spacial score (nSPS) is 10.9. The van der Waals surface area contributed by atoms with Crippen LogP contribution < -0.4 is 4.74 Å². The van der Waals surface area contributed by atoms with Crippen LogP contribution in [0.2, 0.25) is 0 Å². The molecule has 2 aromatic carbocycles. The molecule has 0 aliphatic heterocycles. The number of hydrogen-bond donors (Lipinski definition) is 1. The first-order valence-electron chi connectivity index (χ1n) is 7.28. The predicted octanol–water partition coefficient (Wildman–Crippen LogP) is 4.50. The number of hydrogen-bond acceptors (Lipinski definition) is 3. The van der Waals surface area contributed by atoms with Crippen LogP contribution in [0.5, 0.6) is 11.5 Å². The summed E-state index contributed by atoms with van der Waals surface area (Å²) >= 11 is 0. The van der Waals surface area contributed by atoms with Gasteiger partial charge in [-0.1, -0.05) is 35.9 Å². The number of nitrogens with zero attached hydrogens (tertiary/aromatic N) is 1. The Kier molecular flexibility index (Phi) is 5.22. The van der Waals surface area contributed by atoms with Gasteiger partial charge < -0.3 is 9.84 Å². The van der Waals surface area contributed by atoms with Crippen molar-refractivity contribution in [3.8, 4) is 17.6 Å². The molecule has 0 unspecified atom stereocenters. The number of methoxy groups -OCH3 is 1. The highest BCUT2D eigenvalue weighted by molar-refractivity contribution is 5.90. The zero-order valence-corrected chi connectivity index (χ0v) is 13.3. The van der Waals surface area contributed by atoms with Crippen molar-refractivity contribution in [2.24, 2.45) is 0 Å². The Balaban J connectivity index is 2.51. The lowest BCUT2D eigenvalue weighted by molar-refractivity contribution is 0.371. The Labute approximate surface area is 136 Å². The molecule has 0 amide bonds. The van der Waals surface area contributed by atoms with E-state index in [2.05, 4.69) is 12.6 Å². The van der Waals surface area contributed by atoms with E-state index in [4.69, 9.17) is 4.74 Å². The maximum atomic E-state index is 10.1. The van der Waals surface area contributed by atoms with E-state index in [1.807, 2.05) is 37.3 Å². The number of nitriles is 1. The minimum Gasteiger partial charge on any atom is -0.504 e. The van der Waals surface area contributed by atoms with E-state index in [0.717, 1.165) is 16.7 Å². The average molecular weight is 305 g/mol. The minimum atomic E-state index is 0.110. The fourth-order valence-electron chi connectivity index (χ4n) is 2.32. The molecule has 0 spiro atoms. The fraction of sp³-hybridized carbons (Fsp3) is 0.150. The molecule has 0 aromatic heterocycles. The summed E-state index contributed by atoms with van der Waals surface area (Å²) in [5.41, 5.74) is 4.07. The van der Waals surface area contributed by atoms with Crippen LogP contribution in [-0.4, -0.2) is 12.2 Å². The van der Waals surface area contributed by atoms with Crippen LogP contribution in [0.1, 0.15) is 22.3 Å². The molecular weight excluding hydrogens is 286 g/mol. The molecular formula is C20H19NO2. The van der Waals surface area contributed by atoms with Gasteiger partial charge in [0.1, 0.15) is 0 Å². The number of allylic oxidation sites excluding steroid dienone is 2. The van der Waals surface area contributed by atoms with Gasteiger partial charge in [-0.15, -0.1) is 6.58 Å². The summed E-state index contributed by atoms with van der Waals surface area (Å²) in [5.74, 6) is 0.496. The van der Waals surface area contributed by atoms with Gasteiger partial charge in [0.2, 0.25) is 0 Å². The standard InChI is InChI=1S/C20H19NO2/c1-4-5-17-10-15(12-19(23-3)20(17)22)11-18(13-21)16-8-6-14(2)7-9-16/h4,6-12,22H,1,5H2,2-3H3/b18-11-. The van der Waals surface area contributed by atoms with Gasteiger partial charge >= 0.3 is 0 Å². The third kappa shape index (κ3) is 3.81. The third-order valence-corrected chi connectivity index (χ3v) is 3.55. The van der Waals surface area contributed by atoms with E-state index in [0.29, 0.717) is 23.3 Å². The molecule has 0 bridgehead atoms. The summed E-state index contributed by atoms with van der Waals surface area (Å²) in [6, 6.07) is 13.6. The van der Waals surface area contributed by atoms with Gasteiger partial charge in [-0.05, 0) is 42.7 Å². The van der Waals surface area contributed by atoms with Crippen LogP contribution in [0.25, 0.3) is 11.6 Å². The molecule has 0 radical (unpaired) electrons. The summed E-state index contributed by atoms with van der Waals surface area (Å²) in [5, 5.41) is 19.6. The molecule has 3 heteroatoms. The van der Waals surface area contributed by atoms with Gasteiger partial charge in [0.25, 0.3) is 0 Å². The Bertz CT molecular complexity index is 781. The summed E-state index contributed by atoms with van der Waals surface area (Å²) in [4.78, 5) is 0. The lowest BCUT2D eigenvalue weighted by Crippen LogP contribution is -1.91. The Morgan fingerprint density at radius 2 is 2.00 bits per heavy atom. The van der Waals surface area contributed by atoms with Crippen LogP contribution in [0, 0.1) is 18.3 Å². The monoisotopic (exact) mass is 305 g/mol. The van der Waals surface area contributed by atoms with Crippen LogP contribution in [0.4, 0.5) is 0 Å². The average Bonchev–Trinajstić information content (AvgIpc) is 2.56. The second-order valence-corrected chi connectivity index (χ2v) is 5.26. The van der Waals surface area contributed by atoms with E-state index in [1.54, 1.807) is 18.2 Å². The van der Waals surface area contributed by atoms with E-state index in [-0.39, 0.29) is 5.75 Å². The predicted molar refractivity (Wildman–Crippen MR) is 93.2 cm³/mol. The molecule has 116 valence electrons. The summed E-state index contributed by atoms with van der Waals surface area (Å²) < 4.78 is 5.21. The van der Waals surface area contributed by atoms with E-state index < -0.39 is 0 Å². The van der Waals surface area contributed by atoms with Gasteiger partial charge in [-0.25, -0.2) is 0 Å². The Morgan fingerprint density at radius 1 is 1.30 bits per heavy atom. The SMILES string of the molecule is C=CCc1cc(/C=C(/C#N)c2ccc(C)cc2)cc(OC)c1O. The molecule has 0 fully saturated rings. The van der Waals surface area contributed by atoms with E-state index in [9.17, 15) is 10.4 Å². The zero-order valence-electron chi connectivity index (χ0n) is 13.3. The zero-order chi connectivity index (χ0) is 16.8. The first-order valence-corrected chi connectivity index (χ1v) is 7.28. The van der Waals surface area contributed by atoms with Crippen molar-refractivity contribution in [1.29, 1.82) is 5.26 Å². The number of rotatable bonds is 5. The largest absolute Gasteiger partial charge is 0.504 e. The van der Waals surface area contributed by atoms with Crippen LogP contribution in [0.15, 0.2) is 49.1 Å². The van der Waals surface area contributed by atoms with Crippen LogP contribution >= 0.6 is 0 Å². The van der Waals surface area contributed by atoms with Gasteiger partial charge in [-0.3, -0.25) is 0 Å². The second kappa shape index (κ2) is 7.33. The molecule has 0 saturated heterocycles. The highest BCUT2D eigenvalue weighted by atomic mass is 16.5. The maximum absolute atomic E-state index is 10.1. The van der Waals surface area contributed by atoms with Crippen molar-refractivity contribution in [1.82, 2.24) is 0 Å². The molecule has 0 aliphatic rings. The quantitative estimate of drug-likeness (QED) is 0.502. The molecule has 0 aliphatic carbocycles. The molecule has 0 saturated carbocycles. The number of phenols is 1. The first kappa shape index (κ1) is 16.4. The van der Waals surface area contributed by atoms with Gasteiger partial charge in [0.15, 0.2) is 11.5 Å². The Hall–Kier alpha value is -2.99. The Morgan fingerprint density at radius 3 is 2.57 bits per heavy atom. The van der Waals surface area contributed by atoms with Crippen molar-refractivity contribution in [2.45, 2.75) is 13.3 Å². The molecule has 0 atom stereocenters. The van der Waals surface area contributed by atoms with Crippen molar-refractivity contribution in [3.63, 3.8) is 0 Å². The molecule has 1 N–H and O–H groups in total. The summed E-state index contributed by atoms with van der Waals surface area (Å²) in [7, 11) is 1.51. The number of aryl methyl sites for hydroxylation is 1. The summed E-state index contributed by atoms with van der Waals surface area (Å²) in [6.07, 6.45) is 4.03. The maximum Gasteiger partial charge on any atom is 0.161 e. The summed E-state index contributed by atoms with van der Waals surface area (Å²) in [6.45, 7) is 5.70. The molecule has 2 rings (SSSR count). The second-order valence-electron chi connectivity index (χ2n) is 5.26. The molecule has 23 heavy (non-hydrogen) atoms.